The Hall–Kier alpha value is -1.74. The molecule has 2 rings (SSSR count). The van der Waals surface area contributed by atoms with Crippen LogP contribution < -0.4 is 10.1 Å². The van der Waals surface area contributed by atoms with Gasteiger partial charge in [0.2, 0.25) is 0 Å². The Morgan fingerprint density at radius 3 is 2.38 bits per heavy atom. The molecule has 0 aliphatic carbocycles. The van der Waals surface area contributed by atoms with Crippen LogP contribution in [0, 0.1) is 0 Å². The predicted octanol–water partition coefficient (Wildman–Crippen LogP) is 4.15. The van der Waals surface area contributed by atoms with E-state index in [0.29, 0.717) is 6.04 Å². The van der Waals surface area contributed by atoms with Gasteiger partial charge in [0, 0.05) is 31.5 Å². The Labute approximate surface area is 127 Å². The van der Waals surface area contributed by atoms with Gasteiger partial charge >= 0.3 is 0 Å². The number of aromatic nitrogens is 1. The van der Waals surface area contributed by atoms with Gasteiger partial charge in [-0.3, -0.25) is 0 Å². The third-order valence-electron chi connectivity index (χ3n) is 3.54. The molecule has 0 saturated heterocycles. The molecule has 3 heteroatoms. The third kappa shape index (κ3) is 4.64. The molecule has 0 aliphatic rings. The van der Waals surface area contributed by atoms with Crippen LogP contribution in [0.4, 0.5) is 0 Å². The average Bonchev–Trinajstić information content (AvgIpc) is 2.93. The van der Waals surface area contributed by atoms with E-state index >= 15 is 0 Å². The molecule has 1 atom stereocenters. The molecule has 0 fully saturated rings. The lowest BCUT2D eigenvalue weighted by molar-refractivity contribution is 0.242. The molecule has 1 aromatic heterocycles. The van der Waals surface area contributed by atoms with Gasteiger partial charge in [-0.1, -0.05) is 12.1 Å². The van der Waals surface area contributed by atoms with Crippen molar-refractivity contribution in [3.8, 4) is 5.75 Å². The first-order valence-electron chi connectivity index (χ1n) is 7.73. The zero-order valence-corrected chi connectivity index (χ0v) is 13.5. The lowest BCUT2D eigenvalue weighted by Gasteiger charge is -2.15. The maximum absolute atomic E-state index is 5.67. The van der Waals surface area contributed by atoms with E-state index in [0.717, 1.165) is 18.8 Å². The molecule has 2 aromatic rings. The standard InChI is InChI=1S/C18H26N2O/c1-5-20-11-10-16(13-20)12-19-15(4)17-6-8-18(9-7-17)21-14(2)3/h6-11,13-15,19H,5,12H2,1-4H3. The maximum Gasteiger partial charge on any atom is 0.119 e. The highest BCUT2D eigenvalue weighted by Crippen LogP contribution is 2.19. The van der Waals surface area contributed by atoms with Gasteiger partial charge in [0.15, 0.2) is 0 Å². The molecule has 1 aromatic carbocycles. The van der Waals surface area contributed by atoms with E-state index in [1.807, 2.05) is 26.0 Å². The van der Waals surface area contributed by atoms with Gasteiger partial charge in [-0.15, -0.1) is 0 Å². The molecule has 0 aliphatic heterocycles. The van der Waals surface area contributed by atoms with Crippen molar-refractivity contribution in [3.05, 3.63) is 53.9 Å². The highest BCUT2D eigenvalue weighted by Gasteiger charge is 2.06. The van der Waals surface area contributed by atoms with Crippen LogP contribution in [0.3, 0.4) is 0 Å². The second-order valence-electron chi connectivity index (χ2n) is 5.69. The van der Waals surface area contributed by atoms with Crippen molar-refractivity contribution in [1.82, 2.24) is 9.88 Å². The SMILES string of the molecule is CCn1ccc(CNC(C)c2ccc(OC(C)C)cc2)c1. The van der Waals surface area contributed by atoms with E-state index in [2.05, 4.69) is 54.3 Å². The van der Waals surface area contributed by atoms with E-state index in [1.165, 1.54) is 11.1 Å². The minimum atomic E-state index is 0.217. The van der Waals surface area contributed by atoms with Crippen LogP contribution in [0.15, 0.2) is 42.7 Å². The van der Waals surface area contributed by atoms with E-state index in [9.17, 15) is 0 Å². The molecular formula is C18H26N2O. The highest BCUT2D eigenvalue weighted by molar-refractivity contribution is 5.29. The fraction of sp³-hybridized carbons (Fsp3) is 0.444. The number of aryl methyl sites for hydroxylation is 1. The van der Waals surface area contributed by atoms with Crippen molar-refractivity contribution < 1.29 is 4.74 Å². The lowest BCUT2D eigenvalue weighted by Crippen LogP contribution is -2.17. The molecule has 3 nitrogen and oxygen atoms in total. The number of hydrogen-bond donors (Lipinski definition) is 1. The number of benzene rings is 1. The van der Waals surface area contributed by atoms with Gasteiger partial charge in [0.25, 0.3) is 0 Å². The molecule has 0 amide bonds. The van der Waals surface area contributed by atoms with Crippen LogP contribution in [-0.4, -0.2) is 10.7 Å². The Morgan fingerprint density at radius 2 is 1.81 bits per heavy atom. The number of hydrogen-bond acceptors (Lipinski definition) is 2. The number of nitrogens with zero attached hydrogens (tertiary/aromatic N) is 1. The number of ether oxygens (including phenoxy) is 1. The van der Waals surface area contributed by atoms with E-state index in [1.54, 1.807) is 0 Å². The molecule has 0 saturated carbocycles. The van der Waals surface area contributed by atoms with Crippen LogP contribution in [0.1, 0.15) is 44.9 Å². The molecule has 0 radical (unpaired) electrons. The van der Waals surface area contributed by atoms with Gasteiger partial charge in [-0.2, -0.15) is 0 Å². The van der Waals surface area contributed by atoms with Gasteiger partial charge in [-0.05, 0) is 57.0 Å². The van der Waals surface area contributed by atoms with Gasteiger partial charge in [0.1, 0.15) is 5.75 Å². The Morgan fingerprint density at radius 1 is 1.10 bits per heavy atom. The molecule has 0 spiro atoms. The summed E-state index contributed by atoms with van der Waals surface area (Å²) in [6.45, 7) is 10.3. The van der Waals surface area contributed by atoms with Crippen molar-refractivity contribution in [2.75, 3.05) is 0 Å². The second kappa shape index (κ2) is 7.32. The number of nitrogens with one attached hydrogen (secondary N) is 1. The molecule has 1 N–H and O–H groups in total. The first-order valence-corrected chi connectivity index (χ1v) is 7.73. The van der Waals surface area contributed by atoms with Crippen molar-refractivity contribution >= 4 is 0 Å². The van der Waals surface area contributed by atoms with Crippen LogP contribution in [0.25, 0.3) is 0 Å². The molecule has 114 valence electrons. The maximum atomic E-state index is 5.67. The normalized spacial score (nSPS) is 12.6. The Kier molecular flexibility index (Phi) is 5.45. The summed E-state index contributed by atoms with van der Waals surface area (Å²) in [6.07, 6.45) is 4.54. The van der Waals surface area contributed by atoms with Crippen LogP contribution in [0.5, 0.6) is 5.75 Å². The first kappa shape index (κ1) is 15.6. The summed E-state index contributed by atoms with van der Waals surface area (Å²) >= 11 is 0. The number of rotatable bonds is 7. The van der Waals surface area contributed by atoms with Crippen LogP contribution in [-0.2, 0) is 13.1 Å². The molecule has 0 bridgehead atoms. The largest absolute Gasteiger partial charge is 0.491 e. The van der Waals surface area contributed by atoms with E-state index in [-0.39, 0.29) is 6.10 Å². The summed E-state index contributed by atoms with van der Waals surface area (Å²) in [6, 6.07) is 10.8. The Bertz CT molecular complexity index is 543. The summed E-state index contributed by atoms with van der Waals surface area (Å²) in [5.74, 6) is 0.931. The van der Waals surface area contributed by atoms with Gasteiger partial charge in [0.05, 0.1) is 6.10 Å². The molecular weight excluding hydrogens is 260 g/mol. The van der Waals surface area contributed by atoms with E-state index in [4.69, 9.17) is 4.74 Å². The molecule has 21 heavy (non-hydrogen) atoms. The quantitative estimate of drug-likeness (QED) is 0.827. The van der Waals surface area contributed by atoms with Crippen molar-refractivity contribution in [2.45, 2.75) is 52.9 Å². The lowest BCUT2D eigenvalue weighted by atomic mass is 10.1. The summed E-state index contributed by atoms with van der Waals surface area (Å²) in [5, 5.41) is 3.56. The van der Waals surface area contributed by atoms with Gasteiger partial charge in [-0.25, -0.2) is 0 Å². The topological polar surface area (TPSA) is 26.2 Å². The van der Waals surface area contributed by atoms with Crippen molar-refractivity contribution in [2.24, 2.45) is 0 Å². The fourth-order valence-corrected chi connectivity index (χ4v) is 2.29. The summed E-state index contributed by atoms with van der Waals surface area (Å²) in [7, 11) is 0. The molecule has 1 unspecified atom stereocenters. The minimum absolute atomic E-state index is 0.217. The first-order chi connectivity index (χ1) is 10.1. The summed E-state index contributed by atoms with van der Waals surface area (Å²) in [5.41, 5.74) is 2.60. The minimum Gasteiger partial charge on any atom is -0.491 e. The van der Waals surface area contributed by atoms with E-state index < -0.39 is 0 Å². The highest BCUT2D eigenvalue weighted by atomic mass is 16.5. The predicted molar refractivity (Wildman–Crippen MR) is 87.6 cm³/mol. The van der Waals surface area contributed by atoms with Crippen LogP contribution >= 0.6 is 0 Å². The van der Waals surface area contributed by atoms with Crippen LogP contribution in [0.2, 0.25) is 0 Å². The van der Waals surface area contributed by atoms with Crippen molar-refractivity contribution in [1.29, 1.82) is 0 Å². The zero-order valence-electron chi connectivity index (χ0n) is 13.5. The second-order valence-corrected chi connectivity index (χ2v) is 5.69. The van der Waals surface area contributed by atoms with Gasteiger partial charge < -0.3 is 14.6 Å². The summed E-state index contributed by atoms with van der Waals surface area (Å²) < 4.78 is 7.86. The zero-order chi connectivity index (χ0) is 15.2. The summed E-state index contributed by atoms with van der Waals surface area (Å²) in [4.78, 5) is 0. The molecule has 1 heterocycles. The van der Waals surface area contributed by atoms with Crippen molar-refractivity contribution in [3.63, 3.8) is 0 Å². The Balaban J connectivity index is 1.89. The average molecular weight is 286 g/mol. The monoisotopic (exact) mass is 286 g/mol. The smallest absolute Gasteiger partial charge is 0.119 e. The third-order valence-corrected chi connectivity index (χ3v) is 3.54. The fourth-order valence-electron chi connectivity index (χ4n) is 2.29.